The van der Waals surface area contributed by atoms with Crippen molar-refractivity contribution in [3.05, 3.63) is 48.6 Å². The lowest BCUT2D eigenvalue weighted by molar-refractivity contribution is -0.161. The highest BCUT2D eigenvalue weighted by molar-refractivity contribution is 7.47. The number of aliphatic hydroxyl groups excluding tert-OH is 1. The van der Waals surface area contributed by atoms with E-state index < -0.39 is 97.5 Å². The summed E-state index contributed by atoms with van der Waals surface area (Å²) >= 11 is 0. The lowest BCUT2D eigenvalue weighted by Gasteiger charge is -2.21. The fourth-order valence-corrected chi connectivity index (χ4v) is 11.9. The Bertz CT molecular complexity index is 2010. The molecule has 6 atom stereocenters. The molecule has 0 bridgehead atoms. The molecule has 0 heterocycles. The first-order chi connectivity index (χ1) is 45.4. The molecule has 0 spiro atoms. The van der Waals surface area contributed by atoms with E-state index in [0.29, 0.717) is 25.7 Å². The summed E-state index contributed by atoms with van der Waals surface area (Å²) in [4.78, 5) is 72.7. The standard InChI is InChI=1S/C75H138O17P2/c1-7-10-12-14-16-18-20-22-24-26-28-32-39-45-51-57-72(77)85-63-70(91-74(79)59-53-47-41-33-29-27-25-23-21-19-17-15-13-11-8-2)65-89-93(81,82)87-61-69(76)62-88-94(83,84)90-66-71(92-75(80)60-54-48-42-34-30-31-37-43-49-55-67(4)5)64-86-73(78)58-52-46-40-36-35-38-44-50-56-68(6)9-3/h18-25,67-71,76H,7-17,26-66H2,1-6H3,(H,81,82)(H,83,84)/b20-18-,21-19-,24-22-,25-23-/t68?,69-,70-,71-/m1/s1. The molecule has 0 aromatic heterocycles. The van der Waals surface area contributed by atoms with Crippen LogP contribution in [-0.4, -0.2) is 96.7 Å². The SMILES string of the molecule is CCCCCC/C=C\C=C/CCCCCCCC(=O)OC[C@H](COP(=O)(O)OC[C@@H](O)COP(=O)(O)OC[C@@H](COC(=O)CCCCCCCCCCC(C)CC)OC(=O)CCCCCCCCCCCC(C)C)OC(=O)CCCCCCC/C=C\C=C/CCCCCC. The number of hydrogen-bond acceptors (Lipinski definition) is 15. The van der Waals surface area contributed by atoms with E-state index >= 15 is 0 Å². The molecule has 3 N–H and O–H groups in total. The first kappa shape index (κ1) is 91.0. The Balaban J connectivity index is 5.34. The van der Waals surface area contributed by atoms with Gasteiger partial charge in [0.05, 0.1) is 26.4 Å². The maximum absolute atomic E-state index is 13.1. The van der Waals surface area contributed by atoms with Gasteiger partial charge in [0.15, 0.2) is 12.2 Å². The molecule has 0 aliphatic rings. The Labute approximate surface area is 572 Å². The molecule has 0 fully saturated rings. The van der Waals surface area contributed by atoms with E-state index in [9.17, 15) is 43.2 Å². The zero-order valence-electron chi connectivity index (χ0n) is 60.2. The van der Waals surface area contributed by atoms with Crippen LogP contribution in [0.5, 0.6) is 0 Å². The Morgan fingerprint density at radius 3 is 0.947 bits per heavy atom. The minimum absolute atomic E-state index is 0.0779. The Hall–Kier alpha value is -2.98. The number of allylic oxidation sites excluding steroid dienone is 8. The number of ether oxygens (including phenoxy) is 4. The number of carbonyl (C=O) groups excluding carboxylic acids is 4. The van der Waals surface area contributed by atoms with Gasteiger partial charge in [-0.15, -0.1) is 0 Å². The molecule has 0 amide bonds. The van der Waals surface area contributed by atoms with Gasteiger partial charge in [-0.3, -0.25) is 37.3 Å². The third-order valence-corrected chi connectivity index (χ3v) is 18.5. The number of hydrogen-bond donors (Lipinski definition) is 3. The number of esters is 4. The van der Waals surface area contributed by atoms with Crippen molar-refractivity contribution in [3.63, 3.8) is 0 Å². The lowest BCUT2D eigenvalue weighted by atomic mass is 9.99. The second-order valence-corrected chi connectivity index (χ2v) is 29.3. The van der Waals surface area contributed by atoms with Crippen LogP contribution < -0.4 is 0 Å². The smallest absolute Gasteiger partial charge is 0.462 e. The minimum Gasteiger partial charge on any atom is -0.462 e. The van der Waals surface area contributed by atoms with Crippen LogP contribution in [0.4, 0.5) is 0 Å². The first-order valence-electron chi connectivity index (χ1n) is 37.7. The molecule has 19 heteroatoms. The van der Waals surface area contributed by atoms with Crippen molar-refractivity contribution >= 4 is 39.5 Å². The number of aliphatic hydroxyl groups is 1. The van der Waals surface area contributed by atoms with Gasteiger partial charge < -0.3 is 33.8 Å². The van der Waals surface area contributed by atoms with Crippen molar-refractivity contribution in [2.45, 2.75) is 355 Å². The van der Waals surface area contributed by atoms with Crippen molar-refractivity contribution in [1.29, 1.82) is 0 Å². The highest BCUT2D eigenvalue weighted by atomic mass is 31.2. The number of rotatable bonds is 70. The molecule has 0 rings (SSSR count). The largest absolute Gasteiger partial charge is 0.472 e. The number of unbranched alkanes of at least 4 members (excludes halogenated alkanes) is 33. The molecule has 0 saturated heterocycles. The normalized spacial score (nSPS) is 14.7. The molecule has 0 saturated carbocycles. The summed E-state index contributed by atoms with van der Waals surface area (Å²) in [5.74, 6) is -0.672. The van der Waals surface area contributed by atoms with Crippen LogP contribution in [0.2, 0.25) is 0 Å². The van der Waals surface area contributed by atoms with Gasteiger partial charge in [-0.05, 0) is 88.9 Å². The third-order valence-electron chi connectivity index (χ3n) is 16.6. The predicted molar refractivity (Wildman–Crippen MR) is 381 cm³/mol. The van der Waals surface area contributed by atoms with Crippen LogP contribution in [0, 0.1) is 11.8 Å². The van der Waals surface area contributed by atoms with Gasteiger partial charge in [-0.1, -0.05) is 283 Å². The Morgan fingerprint density at radius 2 is 0.628 bits per heavy atom. The molecule has 17 nitrogen and oxygen atoms in total. The molecule has 3 unspecified atom stereocenters. The number of phosphoric ester groups is 2. The van der Waals surface area contributed by atoms with Gasteiger partial charge in [0.25, 0.3) is 0 Å². The molecule has 0 aliphatic heterocycles. The Kier molecular flexibility index (Phi) is 63.8. The van der Waals surface area contributed by atoms with Gasteiger partial charge in [-0.2, -0.15) is 0 Å². The Morgan fingerprint density at radius 1 is 0.351 bits per heavy atom. The molecule has 94 heavy (non-hydrogen) atoms. The maximum Gasteiger partial charge on any atom is 0.472 e. The first-order valence-corrected chi connectivity index (χ1v) is 40.7. The van der Waals surface area contributed by atoms with Gasteiger partial charge in [0.2, 0.25) is 0 Å². The van der Waals surface area contributed by atoms with E-state index in [4.69, 9.17) is 37.0 Å². The minimum atomic E-state index is -4.97. The molecule has 0 aliphatic carbocycles. The number of carbonyl (C=O) groups is 4. The quantitative estimate of drug-likeness (QED) is 0.0169. The van der Waals surface area contributed by atoms with Crippen LogP contribution in [0.15, 0.2) is 48.6 Å². The van der Waals surface area contributed by atoms with E-state index in [1.807, 2.05) is 0 Å². The van der Waals surface area contributed by atoms with E-state index in [-0.39, 0.29) is 25.7 Å². The van der Waals surface area contributed by atoms with Gasteiger partial charge in [0, 0.05) is 25.7 Å². The second-order valence-electron chi connectivity index (χ2n) is 26.4. The van der Waals surface area contributed by atoms with E-state index in [1.54, 1.807) is 0 Å². The monoisotopic (exact) mass is 1370 g/mol. The topological polar surface area (TPSA) is 237 Å². The highest BCUT2D eigenvalue weighted by Gasteiger charge is 2.30. The highest BCUT2D eigenvalue weighted by Crippen LogP contribution is 2.45. The summed E-state index contributed by atoms with van der Waals surface area (Å²) in [6.45, 7) is 9.42. The zero-order chi connectivity index (χ0) is 69.3. The summed E-state index contributed by atoms with van der Waals surface area (Å²) in [5.41, 5.74) is 0. The molecule has 550 valence electrons. The second kappa shape index (κ2) is 65.9. The van der Waals surface area contributed by atoms with Crippen molar-refractivity contribution < 1.29 is 80.2 Å². The van der Waals surface area contributed by atoms with Crippen molar-refractivity contribution in [2.75, 3.05) is 39.6 Å². The van der Waals surface area contributed by atoms with Crippen LogP contribution in [-0.2, 0) is 65.4 Å². The van der Waals surface area contributed by atoms with E-state index in [2.05, 4.69) is 90.2 Å². The van der Waals surface area contributed by atoms with E-state index in [0.717, 1.165) is 134 Å². The lowest BCUT2D eigenvalue weighted by Crippen LogP contribution is -2.30. The van der Waals surface area contributed by atoms with E-state index in [1.165, 1.54) is 122 Å². The summed E-state index contributed by atoms with van der Waals surface area (Å²) in [5, 5.41) is 10.6. The van der Waals surface area contributed by atoms with Crippen LogP contribution in [0.25, 0.3) is 0 Å². The predicted octanol–water partition coefficient (Wildman–Crippen LogP) is 21.0. The molecule has 0 radical (unpaired) electrons. The fourth-order valence-electron chi connectivity index (χ4n) is 10.4. The van der Waals surface area contributed by atoms with Gasteiger partial charge >= 0.3 is 39.5 Å². The number of phosphoric acid groups is 2. The maximum atomic E-state index is 13.1. The molecular weight excluding hydrogens is 1230 g/mol. The van der Waals surface area contributed by atoms with Gasteiger partial charge in [0.1, 0.15) is 19.3 Å². The van der Waals surface area contributed by atoms with Crippen molar-refractivity contribution in [2.24, 2.45) is 11.8 Å². The molecule has 0 aromatic carbocycles. The third kappa shape index (κ3) is 66.3. The van der Waals surface area contributed by atoms with Crippen molar-refractivity contribution in [3.8, 4) is 0 Å². The van der Waals surface area contributed by atoms with Crippen LogP contribution >= 0.6 is 15.6 Å². The van der Waals surface area contributed by atoms with Crippen molar-refractivity contribution in [1.82, 2.24) is 0 Å². The summed E-state index contributed by atoms with van der Waals surface area (Å²) in [7, 11) is -9.93. The molecule has 0 aromatic rings. The summed E-state index contributed by atoms with van der Waals surface area (Å²) < 4.78 is 68.4. The average Bonchev–Trinajstić information content (AvgIpc) is 1.55. The van der Waals surface area contributed by atoms with Crippen LogP contribution in [0.1, 0.15) is 337 Å². The summed E-state index contributed by atoms with van der Waals surface area (Å²) in [6.07, 6.45) is 58.4. The summed E-state index contributed by atoms with van der Waals surface area (Å²) in [6, 6.07) is 0. The zero-order valence-corrected chi connectivity index (χ0v) is 62.0. The van der Waals surface area contributed by atoms with Crippen LogP contribution in [0.3, 0.4) is 0 Å². The molecular formula is C75H138O17P2. The average molecular weight is 1370 g/mol. The fraction of sp³-hybridized carbons (Fsp3) is 0.840. The van der Waals surface area contributed by atoms with Gasteiger partial charge in [-0.25, -0.2) is 9.13 Å².